The Morgan fingerprint density at radius 3 is 2.56 bits per heavy atom. The summed E-state index contributed by atoms with van der Waals surface area (Å²) in [6.07, 6.45) is 3.41. The van der Waals surface area contributed by atoms with Crippen molar-refractivity contribution in [2.45, 2.75) is 52.9 Å². The van der Waals surface area contributed by atoms with E-state index < -0.39 is 0 Å². The van der Waals surface area contributed by atoms with E-state index >= 15 is 0 Å². The summed E-state index contributed by atoms with van der Waals surface area (Å²) in [5, 5.41) is 2.15. The standard InChI is InChI=1S/C16H22OS/c1-15(2)14(16(15,3)4)13(17)11-6-5-7-12-10(11)8-9-18-12/h8-9,11,14H,5-7H2,1-4H3. The molecular weight excluding hydrogens is 240 g/mol. The molecule has 0 N–H and O–H groups in total. The molecule has 1 saturated carbocycles. The van der Waals surface area contributed by atoms with Crippen molar-refractivity contribution in [1.82, 2.24) is 0 Å². The van der Waals surface area contributed by atoms with Crippen molar-refractivity contribution in [2.24, 2.45) is 16.7 Å². The highest BCUT2D eigenvalue weighted by Gasteiger charge is 2.68. The van der Waals surface area contributed by atoms with Gasteiger partial charge < -0.3 is 0 Å². The largest absolute Gasteiger partial charge is 0.299 e. The predicted octanol–water partition coefficient (Wildman–Crippen LogP) is 4.42. The molecule has 18 heavy (non-hydrogen) atoms. The Morgan fingerprint density at radius 1 is 1.28 bits per heavy atom. The molecule has 0 aliphatic heterocycles. The second-order valence-corrected chi connectivity index (χ2v) is 8.02. The molecule has 3 rings (SSSR count). The maximum Gasteiger partial charge on any atom is 0.144 e. The molecule has 0 amide bonds. The van der Waals surface area contributed by atoms with Crippen molar-refractivity contribution in [2.75, 3.05) is 0 Å². The molecule has 1 fully saturated rings. The van der Waals surface area contributed by atoms with Crippen LogP contribution >= 0.6 is 11.3 Å². The molecule has 98 valence electrons. The third-order valence-electron chi connectivity index (χ3n) is 5.70. The Bertz CT molecular complexity index is 481. The molecule has 2 aliphatic rings. The summed E-state index contributed by atoms with van der Waals surface area (Å²) < 4.78 is 0. The number of carbonyl (C=O) groups is 1. The van der Waals surface area contributed by atoms with Crippen molar-refractivity contribution >= 4 is 17.1 Å². The highest BCUT2D eigenvalue weighted by atomic mass is 32.1. The number of carbonyl (C=O) groups excluding carboxylic acids is 1. The molecular formula is C16H22OS. The van der Waals surface area contributed by atoms with Gasteiger partial charge in [0.25, 0.3) is 0 Å². The van der Waals surface area contributed by atoms with E-state index in [4.69, 9.17) is 0 Å². The van der Waals surface area contributed by atoms with Gasteiger partial charge in [0.2, 0.25) is 0 Å². The minimum Gasteiger partial charge on any atom is -0.299 e. The van der Waals surface area contributed by atoms with Gasteiger partial charge >= 0.3 is 0 Å². The van der Waals surface area contributed by atoms with E-state index in [9.17, 15) is 4.79 Å². The number of aryl methyl sites for hydroxylation is 1. The van der Waals surface area contributed by atoms with Crippen LogP contribution in [0.2, 0.25) is 0 Å². The molecule has 1 atom stereocenters. The molecule has 0 radical (unpaired) electrons. The molecule has 0 spiro atoms. The first-order valence-electron chi connectivity index (χ1n) is 6.97. The summed E-state index contributed by atoms with van der Waals surface area (Å²) >= 11 is 1.83. The van der Waals surface area contributed by atoms with Crippen LogP contribution < -0.4 is 0 Å². The summed E-state index contributed by atoms with van der Waals surface area (Å²) in [7, 11) is 0. The zero-order valence-electron chi connectivity index (χ0n) is 11.7. The van der Waals surface area contributed by atoms with Crippen LogP contribution in [0.25, 0.3) is 0 Å². The van der Waals surface area contributed by atoms with Crippen LogP contribution in [0.15, 0.2) is 11.4 Å². The van der Waals surface area contributed by atoms with Crippen LogP contribution in [0.4, 0.5) is 0 Å². The Hall–Kier alpha value is -0.630. The zero-order chi connectivity index (χ0) is 13.1. The van der Waals surface area contributed by atoms with E-state index in [1.165, 1.54) is 23.3 Å². The van der Waals surface area contributed by atoms with Gasteiger partial charge in [-0.3, -0.25) is 4.79 Å². The van der Waals surface area contributed by atoms with E-state index in [-0.39, 0.29) is 22.7 Å². The number of thiophene rings is 1. The third kappa shape index (κ3) is 1.48. The van der Waals surface area contributed by atoms with Crippen LogP contribution in [0, 0.1) is 16.7 Å². The maximum absolute atomic E-state index is 12.9. The molecule has 0 saturated heterocycles. The monoisotopic (exact) mass is 262 g/mol. The quantitative estimate of drug-likeness (QED) is 0.771. The summed E-state index contributed by atoms with van der Waals surface area (Å²) in [6.45, 7) is 8.97. The van der Waals surface area contributed by atoms with Gasteiger partial charge in [-0.15, -0.1) is 11.3 Å². The van der Waals surface area contributed by atoms with E-state index in [1.54, 1.807) is 0 Å². The van der Waals surface area contributed by atoms with E-state index in [2.05, 4.69) is 39.1 Å². The van der Waals surface area contributed by atoms with Gasteiger partial charge in [-0.25, -0.2) is 0 Å². The number of rotatable bonds is 2. The Balaban J connectivity index is 1.89. The molecule has 0 aromatic carbocycles. The van der Waals surface area contributed by atoms with E-state index in [0.29, 0.717) is 5.78 Å². The summed E-state index contributed by atoms with van der Waals surface area (Å²) in [4.78, 5) is 14.3. The minimum atomic E-state index is 0.178. The molecule has 2 aliphatic carbocycles. The fraction of sp³-hybridized carbons (Fsp3) is 0.688. The number of hydrogen-bond donors (Lipinski definition) is 0. The fourth-order valence-electron chi connectivity index (χ4n) is 3.89. The first kappa shape index (κ1) is 12.4. The van der Waals surface area contributed by atoms with Gasteiger partial charge in [0.05, 0.1) is 0 Å². The number of hydrogen-bond acceptors (Lipinski definition) is 2. The highest BCUT2D eigenvalue weighted by molar-refractivity contribution is 7.10. The lowest BCUT2D eigenvalue weighted by atomic mass is 9.82. The Morgan fingerprint density at radius 2 is 1.94 bits per heavy atom. The fourth-order valence-corrected chi connectivity index (χ4v) is 4.88. The van der Waals surface area contributed by atoms with Crippen molar-refractivity contribution in [1.29, 1.82) is 0 Å². The Labute approximate surface area is 114 Å². The smallest absolute Gasteiger partial charge is 0.144 e. The molecule has 0 bridgehead atoms. The van der Waals surface area contributed by atoms with Crippen LogP contribution in [0.1, 0.15) is 56.9 Å². The maximum atomic E-state index is 12.9. The van der Waals surface area contributed by atoms with Crippen molar-refractivity contribution in [3.05, 3.63) is 21.9 Å². The van der Waals surface area contributed by atoms with E-state index in [1.807, 2.05) is 11.3 Å². The van der Waals surface area contributed by atoms with Gasteiger partial charge in [-0.2, -0.15) is 0 Å². The third-order valence-corrected chi connectivity index (χ3v) is 6.70. The molecule has 2 heteroatoms. The SMILES string of the molecule is CC1(C)C(C(=O)C2CCCc3sccc32)C1(C)C. The van der Waals surface area contributed by atoms with Crippen LogP contribution in [0.3, 0.4) is 0 Å². The first-order chi connectivity index (χ1) is 8.37. The first-order valence-corrected chi connectivity index (χ1v) is 7.85. The predicted molar refractivity (Wildman–Crippen MR) is 76.1 cm³/mol. The lowest BCUT2D eigenvalue weighted by Gasteiger charge is -2.22. The topological polar surface area (TPSA) is 17.1 Å². The highest BCUT2D eigenvalue weighted by Crippen LogP contribution is 2.69. The summed E-state index contributed by atoms with van der Waals surface area (Å²) in [5.74, 6) is 0.941. The molecule has 1 aromatic rings. The average molecular weight is 262 g/mol. The summed E-state index contributed by atoms with van der Waals surface area (Å²) in [6, 6.07) is 2.18. The molecule has 1 heterocycles. The number of Topliss-reactive ketones (excluding diaryl/α,β-unsaturated/α-hetero) is 1. The van der Waals surface area contributed by atoms with Crippen molar-refractivity contribution in [3.8, 4) is 0 Å². The van der Waals surface area contributed by atoms with Gasteiger partial charge in [0, 0.05) is 16.7 Å². The summed E-state index contributed by atoms with van der Waals surface area (Å²) in [5.41, 5.74) is 1.70. The minimum absolute atomic E-state index is 0.178. The van der Waals surface area contributed by atoms with Crippen molar-refractivity contribution in [3.63, 3.8) is 0 Å². The van der Waals surface area contributed by atoms with Crippen LogP contribution in [-0.4, -0.2) is 5.78 Å². The van der Waals surface area contributed by atoms with Crippen molar-refractivity contribution < 1.29 is 4.79 Å². The van der Waals surface area contributed by atoms with Gasteiger partial charge in [0.1, 0.15) is 5.78 Å². The second kappa shape index (κ2) is 3.69. The molecule has 1 unspecified atom stereocenters. The van der Waals surface area contributed by atoms with Gasteiger partial charge in [-0.05, 0) is 47.1 Å². The van der Waals surface area contributed by atoms with Crippen LogP contribution in [0.5, 0.6) is 0 Å². The number of fused-ring (bicyclic) bond motifs is 1. The van der Waals surface area contributed by atoms with Gasteiger partial charge in [-0.1, -0.05) is 27.7 Å². The number of ketones is 1. The Kier molecular flexibility index (Phi) is 2.54. The lowest BCUT2D eigenvalue weighted by molar-refractivity contribution is -0.123. The molecule has 1 nitrogen and oxygen atoms in total. The van der Waals surface area contributed by atoms with E-state index in [0.717, 1.165) is 6.42 Å². The lowest BCUT2D eigenvalue weighted by Crippen LogP contribution is -2.21. The van der Waals surface area contributed by atoms with Gasteiger partial charge in [0.15, 0.2) is 0 Å². The normalized spacial score (nSPS) is 28.8. The van der Waals surface area contributed by atoms with Crippen LogP contribution in [-0.2, 0) is 11.2 Å². The second-order valence-electron chi connectivity index (χ2n) is 7.02. The average Bonchev–Trinajstić information content (AvgIpc) is 2.69. The molecule has 1 aromatic heterocycles. The zero-order valence-corrected chi connectivity index (χ0v) is 12.6.